The highest BCUT2D eigenvalue weighted by Gasteiger charge is 2.16. The largest absolute Gasteiger partial charge is 0.328 e. The third kappa shape index (κ3) is 7.80. The summed E-state index contributed by atoms with van der Waals surface area (Å²) >= 11 is 0. The molecule has 1 atom stereocenters. The molecule has 0 fully saturated rings. The van der Waals surface area contributed by atoms with Crippen molar-refractivity contribution >= 4 is 0 Å². The van der Waals surface area contributed by atoms with E-state index in [4.69, 9.17) is 5.73 Å². The zero-order chi connectivity index (χ0) is 12.1. The second-order valence-electron chi connectivity index (χ2n) is 6.04. The molecule has 2 heteroatoms. The van der Waals surface area contributed by atoms with Crippen LogP contribution in [0.1, 0.15) is 54.4 Å². The van der Waals surface area contributed by atoms with Crippen LogP contribution < -0.4 is 5.73 Å². The molecule has 0 aliphatic heterocycles. The summed E-state index contributed by atoms with van der Waals surface area (Å²) in [5.74, 6) is 0. The molecule has 0 bridgehead atoms. The first-order chi connectivity index (χ1) is 6.76. The quantitative estimate of drug-likeness (QED) is 0.736. The molecule has 0 aliphatic rings. The van der Waals surface area contributed by atoms with Gasteiger partial charge in [-0.2, -0.15) is 0 Å². The Bertz CT molecular complexity index is 158. The van der Waals surface area contributed by atoms with Crippen LogP contribution >= 0.6 is 0 Å². The van der Waals surface area contributed by atoms with Crippen LogP contribution in [0.3, 0.4) is 0 Å². The fraction of sp³-hybridized carbons (Fsp3) is 1.00. The Hall–Kier alpha value is -0.0800. The smallest absolute Gasteiger partial charge is 0.00559 e. The summed E-state index contributed by atoms with van der Waals surface area (Å²) in [4.78, 5) is 2.47. The van der Waals surface area contributed by atoms with Gasteiger partial charge in [-0.05, 0) is 45.2 Å². The van der Waals surface area contributed by atoms with Gasteiger partial charge in [0.25, 0.3) is 0 Å². The lowest BCUT2D eigenvalue weighted by atomic mass is 9.87. The van der Waals surface area contributed by atoms with Gasteiger partial charge in [0.05, 0.1) is 0 Å². The van der Waals surface area contributed by atoms with Crippen LogP contribution in [0.5, 0.6) is 0 Å². The third-order valence-electron chi connectivity index (χ3n) is 2.80. The molecule has 0 aromatic heterocycles. The van der Waals surface area contributed by atoms with Gasteiger partial charge in [0.1, 0.15) is 0 Å². The highest BCUT2D eigenvalue weighted by molar-refractivity contribution is 4.73. The number of hydrogen-bond donors (Lipinski definition) is 1. The minimum Gasteiger partial charge on any atom is -0.328 e. The van der Waals surface area contributed by atoms with Crippen molar-refractivity contribution in [2.24, 2.45) is 11.1 Å². The minimum absolute atomic E-state index is 0.345. The average molecular weight is 214 g/mol. The van der Waals surface area contributed by atoms with Crippen molar-refractivity contribution in [1.29, 1.82) is 0 Å². The molecule has 92 valence electrons. The normalized spacial score (nSPS) is 15.0. The summed E-state index contributed by atoms with van der Waals surface area (Å²) in [7, 11) is 0. The van der Waals surface area contributed by atoms with Gasteiger partial charge < -0.3 is 10.6 Å². The summed E-state index contributed by atoms with van der Waals surface area (Å²) in [6, 6.07) is 0.981. The molecule has 0 amide bonds. The van der Waals surface area contributed by atoms with Crippen LogP contribution in [0.2, 0.25) is 0 Å². The van der Waals surface area contributed by atoms with Gasteiger partial charge in [0.2, 0.25) is 0 Å². The topological polar surface area (TPSA) is 29.3 Å². The number of nitrogens with zero attached hydrogens (tertiary/aromatic N) is 1. The van der Waals surface area contributed by atoms with Gasteiger partial charge in [-0.1, -0.05) is 27.7 Å². The van der Waals surface area contributed by atoms with Crippen LogP contribution in [-0.2, 0) is 0 Å². The van der Waals surface area contributed by atoms with Crippen molar-refractivity contribution in [2.75, 3.05) is 13.1 Å². The predicted molar refractivity (Wildman–Crippen MR) is 69.0 cm³/mol. The molecule has 0 heterocycles. The maximum Gasteiger partial charge on any atom is 0.00559 e. The maximum absolute atomic E-state index is 6.14. The summed E-state index contributed by atoms with van der Waals surface area (Å²) < 4.78 is 0. The minimum atomic E-state index is 0.345. The lowest BCUT2D eigenvalue weighted by Gasteiger charge is -2.28. The fourth-order valence-electron chi connectivity index (χ4n) is 2.00. The number of hydrogen-bond acceptors (Lipinski definition) is 2. The van der Waals surface area contributed by atoms with Crippen LogP contribution in [0.25, 0.3) is 0 Å². The molecule has 1 unspecified atom stereocenters. The van der Waals surface area contributed by atoms with Crippen molar-refractivity contribution in [3.63, 3.8) is 0 Å². The lowest BCUT2D eigenvalue weighted by molar-refractivity contribution is 0.215. The molecule has 2 nitrogen and oxygen atoms in total. The Kier molecular flexibility index (Phi) is 6.46. The number of nitrogens with two attached hydrogens (primary N) is 1. The van der Waals surface area contributed by atoms with Gasteiger partial charge in [0.15, 0.2) is 0 Å². The molecular weight excluding hydrogens is 184 g/mol. The standard InChI is InChI=1S/C13H30N2/c1-7-15(11(2)3)9-8-12(14)10-13(4,5)6/h11-12H,7-10,14H2,1-6H3. The molecule has 0 radical (unpaired) electrons. The Balaban J connectivity index is 3.83. The van der Waals surface area contributed by atoms with Crippen LogP contribution in [0.4, 0.5) is 0 Å². The predicted octanol–water partition coefficient (Wildman–Crippen LogP) is 2.87. The highest BCUT2D eigenvalue weighted by atomic mass is 15.1. The summed E-state index contributed by atoms with van der Waals surface area (Å²) in [5, 5.41) is 0. The van der Waals surface area contributed by atoms with Crippen molar-refractivity contribution in [2.45, 2.75) is 66.5 Å². The fourth-order valence-corrected chi connectivity index (χ4v) is 2.00. The van der Waals surface area contributed by atoms with E-state index in [9.17, 15) is 0 Å². The monoisotopic (exact) mass is 214 g/mol. The second kappa shape index (κ2) is 6.49. The van der Waals surface area contributed by atoms with Crippen molar-refractivity contribution in [3.05, 3.63) is 0 Å². The van der Waals surface area contributed by atoms with Gasteiger partial charge in [-0.15, -0.1) is 0 Å². The van der Waals surface area contributed by atoms with E-state index >= 15 is 0 Å². The SMILES string of the molecule is CCN(CCC(N)CC(C)(C)C)C(C)C. The molecule has 0 rings (SSSR count). The van der Waals surface area contributed by atoms with E-state index in [2.05, 4.69) is 46.4 Å². The van der Waals surface area contributed by atoms with Crippen molar-refractivity contribution < 1.29 is 0 Å². The Labute approximate surface area is 96.2 Å². The first-order valence-corrected chi connectivity index (χ1v) is 6.26. The molecule has 15 heavy (non-hydrogen) atoms. The average Bonchev–Trinajstić information content (AvgIpc) is 2.01. The Morgan fingerprint density at radius 3 is 2.07 bits per heavy atom. The molecule has 0 saturated carbocycles. The zero-order valence-corrected chi connectivity index (χ0v) is 11.5. The van der Waals surface area contributed by atoms with E-state index in [1.54, 1.807) is 0 Å². The van der Waals surface area contributed by atoms with Crippen LogP contribution in [-0.4, -0.2) is 30.1 Å². The first kappa shape index (κ1) is 14.9. The third-order valence-corrected chi connectivity index (χ3v) is 2.80. The van der Waals surface area contributed by atoms with E-state index in [1.807, 2.05) is 0 Å². The summed E-state index contributed by atoms with van der Waals surface area (Å²) in [6.07, 6.45) is 2.23. The summed E-state index contributed by atoms with van der Waals surface area (Å²) in [5.41, 5.74) is 6.49. The van der Waals surface area contributed by atoms with E-state index in [1.165, 1.54) is 0 Å². The molecule has 0 saturated heterocycles. The van der Waals surface area contributed by atoms with Crippen LogP contribution in [0.15, 0.2) is 0 Å². The van der Waals surface area contributed by atoms with E-state index in [0.29, 0.717) is 17.5 Å². The second-order valence-corrected chi connectivity index (χ2v) is 6.04. The molecule has 0 spiro atoms. The zero-order valence-electron chi connectivity index (χ0n) is 11.5. The van der Waals surface area contributed by atoms with Crippen LogP contribution in [0, 0.1) is 5.41 Å². The van der Waals surface area contributed by atoms with Gasteiger partial charge in [0, 0.05) is 12.1 Å². The highest BCUT2D eigenvalue weighted by Crippen LogP contribution is 2.21. The molecule has 0 aromatic carbocycles. The first-order valence-electron chi connectivity index (χ1n) is 6.26. The van der Waals surface area contributed by atoms with Crippen molar-refractivity contribution in [1.82, 2.24) is 4.90 Å². The van der Waals surface area contributed by atoms with Gasteiger partial charge in [-0.3, -0.25) is 0 Å². The van der Waals surface area contributed by atoms with Gasteiger partial charge in [-0.25, -0.2) is 0 Å². The number of rotatable bonds is 6. The molecule has 0 aromatic rings. The van der Waals surface area contributed by atoms with Crippen molar-refractivity contribution in [3.8, 4) is 0 Å². The molecular formula is C13H30N2. The Morgan fingerprint density at radius 1 is 1.20 bits per heavy atom. The van der Waals surface area contributed by atoms with E-state index in [0.717, 1.165) is 25.9 Å². The molecule has 2 N–H and O–H groups in total. The molecule has 0 aliphatic carbocycles. The lowest BCUT2D eigenvalue weighted by Crippen LogP contribution is -2.36. The maximum atomic E-state index is 6.14. The van der Waals surface area contributed by atoms with E-state index in [-0.39, 0.29) is 0 Å². The van der Waals surface area contributed by atoms with Gasteiger partial charge >= 0.3 is 0 Å². The Morgan fingerprint density at radius 2 is 1.73 bits per heavy atom. The summed E-state index contributed by atoms with van der Waals surface area (Å²) in [6.45, 7) is 15.7. The van der Waals surface area contributed by atoms with E-state index < -0.39 is 0 Å².